The van der Waals surface area contributed by atoms with Gasteiger partial charge < -0.3 is 5.11 Å². The van der Waals surface area contributed by atoms with Gasteiger partial charge in [-0.1, -0.05) is 103 Å². The van der Waals surface area contributed by atoms with Gasteiger partial charge in [0.25, 0.3) is 0 Å². The largest absolute Gasteiger partial charge is 0.507 e. The maximum absolute atomic E-state index is 10.9. The summed E-state index contributed by atoms with van der Waals surface area (Å²) in [6.45, 7) is 2.23. The predicted octanol–water partition coefficient (Wildman–Crippen LogP) is 9.08. The molecule has 5 aromatic carbocycles. The fourth-order valence-corrected chi connectivity index (χ4v) is 5.66. The van der Waals surface area contributed by atoms with Crippen LogP contribution in [0.1, 0.15) is 24.0 Å². The molecular weight excluding hydrogens is 710 g/mol. The van der Waals surface area contributed by atoms with E-state index in [0.29, 0.717) is 11.4 Å². The van der Waals surface area contributed by atoms with Crippen LogP contribution in [0.2, 0.25) is 0 Å². The second kappa shape index (κ2) is 12.2. The molecule has 2 aromatic heterocycles. The molecular formula is C38H28N3OPt-. The number of imidazole rings is 1. The van der Waals surface area contributed by atoms with Crippen molar-refractivity contribution in [2.24, 2.45) is 0 Å². The molecule has 212 valence electrons. The Bertz CT molecular complexity index is 2000. The van der Waals surface area contributed by atoms with E-state index in [0.717, 1.165) is 44.7 Å². The SMILES string of the molecule is CC(c1ccccc1)c1ccc(-c2ccccn2)[c-]c1-c1cccc2c1nc(-c1ccccc1O)n2-c1ccccc1.[Pt]. The third kappa shape index (κ3) is 5.31. The van der Waals surface area contributed by atoms with Gasteiger partial charge in [-0.05, 0) is 47.9 Å². The third-order valence-electron chi connectivity index (χ3n) is 7.80. The number of phenols is 1. The minimum Gasteiger partial charge on any atom is -0.507 e. The minimum absolute atomic E-state index is 0. The average molecular weight is 738 g/mol. The van der Waals surface area contributed by atoms with Crippen LogP contribution in [0.5, 0.6) is 5.75 Å². The molecule has 0 bridgehead atoms. The van der Waals surface area contributed by atoms with Crippen LogP contribution in [-0.2, 0) is 21.1 Å². The van der Waals surface area contributed by atoms with Crippen molar-refractivity contribution in [3.8, 4) is 45.2 Å². The molecule has 0 radical (unpaired) electrons. The Morgan fingerprint density at radius 2 is 1.40 bits per heavy atom. The number of para-hydroxylation sites is 3. The first-order valence-corrected chi connectivity index (χ1v) is 14.1. The first-order valence-electron chi connectivity index (χ1n) is 14.1. The van der Waals surface area contributed by atoms with Crippen LogP contribution in [0.4, 0.5) is 0 Å². The maximum Gasteiger partial charge on any atom is 0.148 e. The minimum atomic E-state index is 0. The molecule has 0 aliphatic rings. The monoisotopic (exact) mass is 737 g/mol. The van der Waals surface area contributed by atoms with Gasteiger partial charge in [-0.15, -0.1) is 29.3 Å². The van der Waals surface area contributed by atoms with Crippen molar-refractivity contribution < 1.29 is 26.2 Å². The van der Waals surface area contributed by atoms with Gasteiger partial charge in [0.05, 0.1) is 16.6 Å². The van der Waals surface area contributed by atoms with Gasteiger partial charge in [0.1, 0.15) is 11.6 Å². The Labute approximate surface area is 265 Å². The van der Waals surface area contributed by atoms with Crippen LogP contribution >= 0.6 is 0 Å². The maximum atomic E-state index is 10.9. The van der Waals surface area contributed by atoms with E-state index in [1.54, 1.807) is 6.07 Å². The Hall–Kier alpha value is -4.79. The Morgan fingerprint density at radius 3 is 2.14 bits per heavy atom. The summed E-state index contributed by atoms with van der Waals surface area (Å²) in [7, 11) is 0. The quantitative estimate of drug-likeness (QED) is 0.173. The van der Waals surface area contributed by atoms with Crippen molar-refractivity contribution >= 4 is 11.0 Å². The van der Waals surface area contributed by atoms with E-state index in [2.05, 4.69) is 89.3 Å². The molecule has 1 N–H and O–H groups in total. The molecule has 0 saturated heterocycles. The molecule has 0 fully saturated rings. The first kappa shape index (κ1) is 28.3. The smallest absolute Gasteiger partial charge is 0.148 e. The van der Waals surface area contributed by atoms with Crippen LogP contribution in [0.3, 0.4) is 0 Å². The van der Waals surface area contributed by atoms with Gasteiger partial charge in [-0.3, -0.25) is 9.55 Å². The Morgan fingerprint density at radius 1 is 0.698 bits per heavy atom. The van der Waals surface area contributed by atoms with Crippen molar-refractivity contribution in [3.05, 3.63) is 157 Å². The number of aromatic nitrogens is 3. The topological polar surface area (TPSA) is 50.9 Å². The standard InChI is InChI=1S/C38H28N3O.Pt/c1-26(27-13-4-2-5-14-27)30-23-22-28(34-19-10-11-24-39-34)25-33(30)31-18-12-20-35-37(31)40-38(32-17-8-9-21-36(32)42)41(35)29-15-6-3-7-16-29;/h2-24,26,42H,1H3;/q-1;. The summed E-state index contributed by atoms with van der Waals surface area (Å²) in [6.07, 6.45) is 1.81. The molecule has 1 atom stereocenters. The van der Waals surface area contributed by atoms with Crippen LogP contribution < -0.4 is 0 Å². The first-order chi connectivity index (χ1) is 20.7. The van der Waals surface area contributed by atoms with E-state index in [-0.39, 0.29) is 32.7 Å². The van der Waals surface area contributed by atoms with Crippen molar-refractivity contribution in [3.63, 3.8) is 0 Å². The molecule has 5 heteroatoms. The number of hydrogen-bond acceptors (Lipinski definition) is 3. The third-order valence-corrected chi connectivity index (χ3v) is 7.80. The zero-order valence-corrected chi connectivity index (χ0v) is 25.7. The number of fused-ring (bicyclic) bond motifs is 1. The van der Waals surface area contributed by atoms with Gasteiger partial charge in [-0.2, -0.15) is 0 Å². The van der Waals surface area contributed by atoms with Crippen LogP contribution in [0, 0.1) is 6.07 Å². The number of benzene rings is 5. The van der Waals surface area contributed by atoms with E-state index in [4.69, 9.17) is 4.98 Å². The molecule has 4 nitrogen and oxygen atoms in total. The van der Waals surface area contributed by atoms with Crippen molar-refractivity contribution in [1.82, 2.24) is 14.5 Å². The zero-order valence-electron chi connectivity index (χ0n) is 23.5. The molecule has 1 unspecified atom stereocenters. The van der Waals surface area contributed by atoms with Gasteiger partial charge in [0, 0.05) is 38.6 Å². The second-order valence-electron chi connectivity index (χ2n) is 10.3. The number of aromatic hydroxyl groups is 1. The molecule has 0 aliphatic heterocycles. The van der Waals surface area contributed by atoms with Crippen LogP contribution in [-0.4, -0.2) is 19.6 Å². The van der Waals surface area contributed by atoms with E-state index in [1.165, 1.54) is 5.56 Å². The van der Waals surface area contributed by atoms with Gasteiger partial charge in [0.2, 0.25) is 0 Å². The molecule has 0 aliphatic carbocycles. The van der Waals surface area contributed by atoms with Crippen LogP contribution in [0.25, 0.3) is 50.5 Å². The van der Waals surface area contributed by atoms with E-state index in [9.17, 15) is 5.11 Å². The molecule has 0 spiro atoms. The summed E-state index contributed by atoms with van der Waals surface area (Å²) in [6, 6.07) is 48.3. The van der Waals surface area contributed by atoms with E-state index in [1.807, 2.05) is 66.9 Å². The number of hydrogen-bond donors (Lipinski definition) is 1. The molecule has 0 amide bonds. The normalized spacial score (nSPS) is 11.7. The van der Waals surface area contributed by atoms with Gasteiger partial charge in [0.15, 0.2) is 0 Å². The summed E-state index contributed by atoms with van der Waals surface area (Å²) >= 11 is 0. The summed E-state index contributed by atoms with van der Waals surface area (Å²) in [4.78, 5) is 9.85. The predicted molar refractivity (Wildman–Crippen MR) is 170 cm³/mol. The summed E-state index contributed by atoms with van der Waals surface area (Å²) < 4.78 is 2.12. The summed E-state index contributed by atoms with van der Waals surface area (Å²) in [5.41, 5.74) is 9.59. The molecule has 7 rings (SSSR count). The molecule has 0 saturated carbocycles. The zero-order chi connectivity index (χ0) is 28.5. The summed E-state index contributed by atoms with van der Waals surface area (Å²) in [5, 5.41) is 10.9. The second-order valence-corrected chi connectivity index (χ2v) is 10.3. The van der Waals surface area contributed by atoms with Gasteiger partial charge in [-0.25, -0.2) is 4.98 Å². The Kier molecular flexibility index (Phi) is 8.05. The number of phenolic OH excluding ortho intramolecular Hbond substituents is 1. The number of nitrogens with zero attached hydrogens (tertiary/aromatic N) is 3. The van der Waals surface area contributed by atoms with E-state index < -0.39 is 0 Å². The number of pyridine rings is 1. The number of rotatable bonds is 6. The van der Waals surface area contributed by atoms with E-state index >= 15 is 0 Å². The van der Waals surface area contributed by atoms with Crippen molar-refractivity contribution in [2.45, 2.75) is 12.8 Å². The van der Waals surface area contributed by atoms with Crippen molar-refractivity contribution in [1.29, 1.82) is 0 Å². The molecule has 7 aromatic rings. The fraction of sp³-hybridized carbons (Fsp3) is 0.0526. The molecule has 2 heterocycles. The average Bonchev–Trinajstić information content (AvgIpc) is 3.45. The van der Waals surface area contributed by atoms with Crippen LogP contribution in [0.15, 0.2) is 140 Å². The summed E-state index contributed by atoms with van der Waals surface area (Å²) in [5.74, 6) is 0.994. The van der Waals surface area contributed by atoms with Gasteiger partial charge >= 0.3 is 0 Å². The molecule has 43 heavy (non-hydrogen) atoms. The van der Waals surface area contributed by atoms with Crippen molar-refractivity contribution in [2.75, 3.05) is 0 Å². The Balaban J connectivity index is 0.00000329. The fourth-order valence-electron chi connectivity index (χ4n) is 5.66.